The van der Waals surface area contributed by atoms with Crippen molar-refractivity contribution >= 4 is 15.7 Å². The molecule has 3 rings (SSSR count). The molecule has 2 aliphatic rings. The molecule has 1 heterocycles. The number of hydrogen-bond donors (Lipinski definition) is 1. The molecule has 26 heavy (non-hydrogen) atoms. The van der Waals surface area contributed by atoms with Crippen LogP contribution in [0.2, 0.25) is 0 Å². The highest BCUT2D eigenvalue weighted by Gasteiger charge is 2.30. The maximum atomic E-state index is 12.5. The topological polar surface area (TPSA) is 75.7 Å². The van der Waals surface area contributed by atoms with Gasteiger partial charge in [-0.3, -0.25) is 9.69 Å². The molecule has 1 N–H and O–H groups in total. The standard InChI is InChI=1S/C19H28N2O4S/c1-25-12-13-26(23,24)18-8-6-15(7-9-18)19(22)20-16-10-11-21(14-16)17-4-2-3-5-17/h6-9,16-17H,2-5,10-14H2,1H3,(H,20,22). The Hall–Kier alpha value is -1.44. The van der Waals surface area contributed by atoms with Crippen LogP contribution in [0.25, 0.3) is 0 Å². The molecular formula is C19H28N2O4S. The lowest BCUT2D eigenvalue weighted by molar-refractivity contribution is 0.0936. The molecule has 1 amide bonds. The van der Waals surface area contributed by atoms with E-state index >= 15 is 0 Å². The smallest absolute Gasteiger partial charge is 0.251 e. The zero-order chi connectivity index (χ0) is 18.6. The number of amides is 1. The third-order valence-electron chi connectivity index (χ3n) is 5.43. The van der Waals surface area contributed by atoms with Gasteiger partial charge in [0.05, 0.1) is 17.3 Å². The van der Waals surface area contributed by atoms with Gasteiger partial charge < -0.3 is 10.1 Å². The average Bonchev–Trinajstić information content (AvgIpc) is 3.31. The van der Waals surface area contributed by atoms with Crippen LogP contribution in [0.15, 0.2) is 29.2 Å². The van der Waals surface area contributed by atoms with Crippen LogP contribution in [-0.2, 0) is 14.6 Å². The summed E-state index contributed by atoms with van der Waals surface area (Å²) in [5.74, 6) is -0.196. The van der Waals surface area contributed by atoms with Gasteiger partial charge in [0.25, 0.3) is 5.91 Å². The van der Waals surface area contributed by atoms with Gasteiger partial charge >= 0.3 is 0 Å². The monoisotopic (exact) mass is 380 g/mol. The molecule has 1 aliphatic heterocycles. The van der Waals surface area contributed by atoms with Crippen LogP contribution in [0.4, 0.5) is 0 Å². The number of sulfone groups is 1. The highest BCUT2D eigenvalue weighted by atomic mass is 32.2. The first-order valence-corrected chi connectivity index (χ1v) is 11.0. The summed E-state index contributed by atoms with van der Waals surface area (Å²) in [5, 5.41) is 3.09. The molecule has 1 saturated carbocycles. The molecule has 144 valence electrons. The molecule has 1 aromatic rings. The second kappa shape index (κ2) is 8.50. The number of likely N-dealkylation sites (tertiary alicyclic amines) is 1. The lowest BCUT2D eigenvalue weighted by Gasteiger charge is -2.23. The first-order chi connectivity index (χ1) is 12.5. The van der Waals surface area contributed by atoms with E-state index in [2.05, 4.69) is 10.2 Å². The zero-order valence-corrected chi connectivity index (χ0v) is 16.1. The number of nitrogens with zero attached hydrogens (tertiary/aromatic N) is 1. The number of carbonyl (C=O) groups is 1. The van der Waals surface area contributed by atoms with E-state index in [1.165, 1.54) is 44.9 Å². The Labute approximate surface area is 155 Å². The lowest BCUT2D eigenvalue weighted by atomic mass is 10.2. The van der Waals surface area contributed by atoms with E-state index in [-0.39, 0.29) is 29.2 Å². The van der Waals surface area contributed by atoms with Crippen molar-refractivity contribution in [2.75, 3.05) is 32.6 Å². The Morgan fingerprint density at radius 3 is 2.54 bits per heavy atom. The highest BCUT2D eigenvalue weighted by Crippen LogP contribution is 2.26. The Kier molecular flexibility index (Phi) is 6.32. The van der Waals surface area contributed by atoms with Gasteiger partial charge in [0.1, 0.15) is 0 Å². The van der Waals surface area contributed by atoms with Crippen LogP contribution < -0.4 is 5.32 Å². The minimum absolute atomic E-state index is 0.0614. The maximum Gasteiger partial charge on any atom is 0.251 e. The Morgan fingerprint density at radius 1 is 1.19 bits per heavy atom. The largest absolute Gasteiger partial charge is 0.384 e. The molecule has 0 aromatic heterocycles. The van der Waals surface area contributed by atoms with Crippen molar-refractivity contribution in [3.8, 4) is 0 Å². The van der Waals surface area contributed by atoms with E-state index in [9.17, 15) is 13.2 Å². The third-order valence-corrected chi connectivity index (χ3v) is 7.12. The molecule has 0 bridgehead atoms. The van der Waals surface area contributed by atoms with Crippen molar-refractivity contribution in [2.24, 2.45) is 0 Å². The molecular weight excluding hydrogens is 352 g/mol. The van der Waals surface area contributed by atoms with Crippen LogP contribution in [0, 0.1) is 0 Å². The SMILES string of the molecule is COCCS(=O)(=O)c1ccc(C(=O)NC2CCN(C3CCCC3)C2)cc1. The fourth-order valence-electron chi connectivity index (χ4n) is 3.90. The van der Waals surface area contributed by atoms with E-state index in [1.54, 1.807) is 12.1 Å². The van der Waals surface area contributed by atoms with Crippen molar-refractivity contribution in [3.63, 3.8) is 0 Å². The lowest BCUT2D eigenvalue weighted by Crippen LogP contribution is -2.39. The number of ether oxygens (including phenoxy) is 1. The minimum atomic E-state index is -3.37. The average molecular weight is 381 g/mol. The molecule has 1 saturated heterocycles. The summed E-state index contributed by atoms with van der Waals surface area (Å²) in [6.07, 6.45) is 6.17. The summed E-state index contributed by atoms with van der Waals surface area (Å²) >= 11 is 0. The molecule has 6 nitrogen and oxygen atoms in total. The van der Waals surface area contributed by atoms with E-state index < -0.39 is 9.84 Å². The highest BCUT2D eigenvalue weighted by molar-refractivity contribution is 7.91. The normalized spacial score (nSPS) is 22.0. The van der Waals surface area contributed by atoms with Gasteiger partial charge in [0, 0.05) is 37.8 Å². The van der Waals surface area contributed by atoms with Gasteiger partial charge in [0.2, 0.25) is 0 Å². The van der Waals surface area contributed by atoms with Crippen molar-refractivity contribution in [1.82, 2.24) is 10.2 Å². The molecule has 1 unspecified atom stereocenters. The second-order valence-corrected chi connectivity index (χ2v) is 9.34. The number of carbonyl (C=O) groups excluding carboxylic acids is 1. The van der Waals surface area contributed by atoms with Crippen LogP contribution in [-0.4, -0.2) is 63.9 Å². The third kappa shape index (κ3) is 4.64. The number of hydrogen-bond acceptors (Lipinski definition) is 5. The predicted molar refractivity (Wildman–Crippen MR) is 100 cm³/mol. The van der Waals surface area contributed by atoms with Crippen LogP contribution in [0.1, 0.15) is 42.5 Å². The molecule has 1 aliphatic carbocycles. The first-order valence-electron chi connectivity index (χ1n) is 9.36. The molecule has 1 aromatic carbocycles. The van der Waals surface area contributed by atoms with Gasteiger partial charge in [0.15, 0.2) is 9.84 Å². The molecule has 2 fully saturated rings. The quantitative estimate of drug-likeness (QED) is 0.781. The van der Waals surface area contributed by atoms with E-state index in [4.69, 9.17) is 4.74 Å². The number of nitrogens with one attached hydrogen (secondary N) is 1. The van der Waals surface area contributed by atoms with Gasteiger partial charge in [-0.25, -0.2) is 8.42 Å². The Morgan fingerprint density at radius 2 is 1.88 bits per heavy atom. The number of methoxy groups -OCH3 is 1. The summed E-state index contributed by atoms with van der Waals surface area (Å²) in [6.45, 7) is 2.12. The molecule has 1 atom stereocenters. The molecule has 7 heteroatoms. The minimum Gasteiger partial charge on any atom is -0.384 e. The molecule has 0 spiro atoms. The zero-order valence-electron chi connectivity index (χ0n) is 15.3. The summed E-state index contributed by atoms with van der Waals surface area (Å²) in [6, 6.07) is 7.03. The van der Waals surface area contributed by atoms with Gasteiger partial charge in [-0.05, 0) is 43.5 Å². The number of benzene rings is 1. The van der Waals surface area contributed by atoms with Crippen molar-refractivity contribution in [1.29, 1.82) is 0 Å². The van der Waals surface area contributed by atoms with Gasteiger partial charge in [-0.2, -0.15) is 0 Å². The Balaban J connectivity index is 1.55. The van der Waals surface area contributed by atoms with E-state index in [1.807, 2.05) is 0 Å². The maximum absolute atomic E-state index is 12.5. The summed E-state index contributed by atoms with van der Waals surface area (Å²) in [4.78, 5) is 15.2. The second-order valence-electron chi connectivity index (χ2n) is 7.23. The van der Waals surface area contributed by atoms with Crippen LogP contribution >= 0.6 is 0 Å². The fourth-order valence-corrected chi connectivity index (χ4v) is 5.07. The predicted octanol–water partition coefficient (Wildman–Crippen LogP) is 1.85. The van der Waals surface area contributed by atoms with Gasteiger partial charge in [-0.1, -0.05) is 12.8 Å². The fraction of sp³-hybridized carbons (Fsp3) is 0.632. The van der Waals surface area contributed by atoms with E-state index in [0.29, 0.717) is 11.6 Å². The summed E-state index contributed by atoms with van der Waals surface area (Å²) in [5.41, 5.74) is 0.495. The number of rotatable bonds is 7. The van der Waals surface area contributed by atoms with Crippen molar-refractivity contribution in [2.45, 2.75) is 49.1 Å². The summed E-state index contributed by atoms with van der Waals surface area (Å²) in [7, 11) is -1.90. The molecule has 0 radical (unpaired) electrons. The van der Waals surface area contributed by atoms with Crippen LogP contribution in [0.3, 0.4) is 0 Å². The van der Waals surface area contributed by atoms with Crippen molar-refractivity contribution < 1.29 is 17.9 Å². The first kappa shape index (κ1) is 19.3. The van der Waals surface area contributed by atoms with Crippen molar-refractivity contribution in [3.05, 3.63) is 29.8 Å². The Bertz CT molecular complexity index is 712. The van der Waals surface area contributed by atoms with Crippen LogP contribution in [0.5, 0.6) is 0 Å². The van der Waals surface area contributed by atoms with Gasteiger partial charge in [-0.15, -0.1) is 0 Å². The summed E-state index contributed by atoms with van der Waals surface area (Å²) < 4.78 is 29.1. The van der Waals surface area contributed by atoms with E-state index in [0.717, 1.165) is 19.5 Å².